The van der Waals surface area contributed by atoms with Crippen molar-refractivity contribution >= 4 is 32.3 Å². The van der Waals surface area contributed by atoms with E-state index >= 15 is 0 Å². The van der Waals surface area contributed by atoms with Crippen molar-refractivity contribution < 1.29 is 4.74 Å². The molecule has 1 fully saturated rings. The van der Waals surface area contributed by atoms with Crippen LogP contribution in [0, 0.1) is 0 Å². The van der Waals surface area contributed by atoms with E-state index in [1.165, 1.54) is 70.2 Å². The first-order valence-electron chi connectivity index (χ1n) is 12.8. The molecule has 1 aliphatic heterocycles. The zero-order valence-corrected chi connectivity index (χ0v) is 19.9. The molecule has 7 rings (SSSR count). The number of aromatic nitrogens is 1. The summed E-state index contributed by atoms with van der Waals surface area (Å²) in [4.78, 5) is 4.93. The number of benzene rings is 4. The molecule has 0 unspecified atom stereocenters. The van der Waals surface area contributed by atoms with Gasteiger partial charge in [0.1, 0.15) is 11.5 Å². The highest BCUT2D eigenvalue weighted by Crippen LogP contribution is 2.52. The first-order valence-corrected chi connectivity index (χ1v) is 12.8. The van der Waals surface area contributed by atoms with Crippen molar-refractivity contribution in [3.05, 3.63) is 78.0 Å². The van der Waals surface area contributed by atoms with Gasteiger partial charge in [0.25, 0.3) is 0 Å². The minimum absolute atomic E-state index is 0.346. The van der Waals surface area contributed by atoms with E-state index in [1.807, 2.05) is 6.20 Å². The van der Waals surface area contributed by atoms with E-state index in [0.29, 0.717) is 11.8 Å². The Bertz CT molecular complexity index is 1590. The molecule has 0 amide bonds. The van der Waals surface area contributed by atoms with E-state index in [9.17, 15) is 0 Å². The monoisotopic (exact) mass is 443 g/mol. The molecule has 0 N–H and O–H groups in total. The van der Waals surface area contributed by atoms with Crippen LogP contribution in [0.25, 0.3) is 43.6 Å². The highest BCUT2D eigenvalue weighted by atomic mass is 16.5. The van der Waals surface area contributed by atoms with Gasteiger partial charge in [-0.3, -0.25) is 4.98 Å². The van der Waals surface area contributed by atoms with Crippen LogP contribution >= 0.6 is 0 Å². The van der Waals surface area contributed by atoms with Crippen molar-refractivity contribution in [3.63, 3.8) is 0 Å². The predicted molar refractivity (Wildman–Crippen MR) is 142 cm³/mol. The van der Waals surface area contributed by atoms with E-state index in [1.54, 1.807) is 0 Å². The Labute approximate surface area is 200 Å². The lowest BCUT2D eigenvalue weighted by molar-refractivity contribution is 0.444. The molecule has 5 aromatic rings. The van der Waals surface area contributed by atoms with Crippen molar-refractivity contribution in [2.45, 2.75) is 57.8 Å². The second-order valence-electron chi connectivity index (χ2n) is 10.4. The standard InChI is InChI=1S/C32H29NO/c1-19(2)29-24-11-7-6-10-22(24)17-27-31-30-25(14-15-33-31)26-16-21(20-8-4-3-5-9-20)12-13-23(26)18-28(30)34-32(27)29/h6-7,10-20H,3-5,8-9H2,1-2H3. The van der Waals surface area contributed by atoms with Crippen LogP contribution in [-0.2, 0) is 0 Å². The Morgan fingerprint density at radius 1 is 0.824 bits per heavy atom. The van der Waals surface area contributed by atoms with E-state index in [0.717, 1.165) is 28.1 Å². The Kier molecular flexibility index (Phi) is 4.45. The summed E-state index contributed by atoms with van der Waals surface area (Å²) in [6, 6.07) is 22.4. The molecule has 2 aliphatic rings. The van der Waals surface area contributed by atoms with Crippen molar-refractivity contribution in [1.82, 2.24) is 4.98 Å². The van der Waals surface area contributed by atoms with Gasteiger partial charge in [-0.1, -0.05) is 75.6 Å². The van der Waals surface area contributed by atoms with Gasteiger partial charge in [-0.25, -0.2) is 0 Å². The number of pyridine rings is 1. The molecule has 1 aliphatic carbocycles. The number of ether oxygens (including phenoxy) is 1. The third-order valence-electron chi connectivity index (χ3n) is 8.01. The molecule has 1 saturated carbocycles. The maximum absolute atomic E-state index is 6.76. The van der Waals surface area contributed by atoms with Gasteiger partial charge in [0.05, 0.1) is 11.1 Å². The van der Waals surface area contributed by atoms with Gasteiger partial charge in [0, 0.05) is 17.3 Å². The molecule has 0 atom stereocenters. The van der Waals surface area contributed by atoms with Crippen LogP contribution in [0.15, 0.2) is 66.9 Å². The van der Waals surface area contributed by atoms with E-state index < -0.39 is 0 Å². The zero-order chi connectivity index (χ0) is 22.8. The molecule has 168 valence electrons. The Morgan fingerprint density at radius 2 is 1.65 bits per heavy atom. The minimum atomic E-state index is 0.346. The maximum Gasteiger partial charge on any atom is 0.140 e. The first-order chi connectivity index (χ1) is 16.7. The average Bonchev–Trinajstić information content (AvgIpc) is 2.88. The largest absolute Gasteiger partial charge is 0.456 e. The van der Waals surface area contributed by atoms with Crippen LogP contribution < -0.4 is 4.74 Å². The van der Waals surface area contributed by atoms with Crippen LogP contribution in [0.2, 0.25) is 0 Å². The molecule has 1 aromatic heterocycles. The van der Waals surface area contributed by atoms with Gasteiger partial charge < -0.3 is 4.74 Å². The number of rotatable bonds is 2. The van der Waals surface area contributed by atoms with Crippen molar-refractivity contribution in [2.75, 3.05) is 0 Å². The molecule has 0 spiro atoms. The minimum Gasteiger partial charge on any atom is -0.456 e. The summed E-state index contributed by atoms with van der Waals surface area (Å²) in [5, 5.41) is 7.48. The molecule has 34 heavy (non-hydrogen) atoms. The van der Waals surface area contributed by atoms with Gasteiger partial charge in [-0.15, -0.1) is 0 Å². The summed E-state index contributed by atoms with van der Waals surface area (Å²) in [5.41, 5.74) is 4.92. The van der Waals surface area contributed by atoms with Gasteiger partial charge in [0.2, 0.25) is 0 Å². The van der Waals surface area contributed by atoms with E-state index in [4.69, 9.17) is 9.72 Å². The maximum atomic E-state index is 6.76. The molecule has 2 heterocycles. The fourth-order valence-corrected chi connectivity index (χ4v) is 6.38. The predicted octanol–water partition coefficient (Wildman–Crippen LogP) is 9.48. The van der Waals surface area contributed by atoms with Crippen LogP contribution in [0.4, 0.5) is 0 Å². The smallest absolute Gasteiger partial charge is 0.140 e. The normalized spacial score (nSPS) is 15.7. The number of fused-ring (bicyclic) bond motifs is 5. The molecule has 0 radical (unpaired) electrons. The highest BCUT2D eigenvalue weighted by molar-refractivity contribution is 6.16. The quantitative estimate of drug-likeness (QED) is 0.249. The zero-order valence-electron chi connectivity index (χ0n) is 19.9. The molecular weight excluding hydrogens is 414 g/mol. The van der Waals surface area contributed by atoms with E-state index in [-0.39, 0.29) is 0 Å². The van der Waals surface area contributed by atoms with Gasteiger partial charge in [0.15, 0.2) is 0 Å². The van der Waals surface area contributed by atoms with Gasteiger partial charge in [-0.2, -0.15) is 0 Å². The summed E-state index contributed by atoms with van der Waals surface area (Å²) >= 11 is 0. The fraction of sp³-hybridized carbons (Fsp3) is 0.281. The number of nitrogens with zero attached hydrogens (tertiary/aromatic N) is 1. The first kappa shape index (κ1) is 20.0. The SMILES string of the molecule is CC(C)c1c2c(cc3ccccc13)-c1nccc3c1c(cc1ccc(C4CCCCC4)cc13)O2. The number of hydrogen-bond donors (Lipinski definition) is 0. The summed E-state index contributed by atoms with van der Waals surface area (Å²) in [5.74, 6) is 2.94. The molecule has 0 saturated heterocycles. The van der Waals surface area contributed by atoms with Crippen molar-refractivity contribution in [3.8, 4) is 22.8 Å². The third kappa shape index (κ3) is 2.91. The third-order valence-corrected chi connectivity index (χ3v) is 8.01. The Balaban J connectivity index is 1.52. The Hall–Kier alpha value is -3.39. The molecular formula is C32H29NO. The molecule has 2 heteroatoms. The molecule has 2 nitrogen and oxygen atoms in total. The summed E-state index contributed by atoms with van der Waals surface area (Å²) in [7, 11) is 0. The highest BCUT2D eigenvalue weighted by Gasteiger charge is 2.27. The van der Waals surface area contributed by atoms with Crippen LogP contribution in [0.5, 0.6) is 11.5 Å². The summed E-state index contributed by atoms with van der Waals surface area (Å²) < 4.78 is 6.76. The lowest BCUT2D eigenvalue weighted by Crippen LogP contribution is -2.05. The van der Waals surface area contributed by atoms with Crippen LogP contribution in [0.3, 0.4) is 0 Å². The lowest BCUT2D eigenvalue weighted by Gasteiger charge is -2.26. The summed E-state index contributed by atoms with van der Waals surface area (Å²) in [6.45, 7) is 4.50. The van der Waals surface area contributed by atoms with Crippen molar-refractivity contribution in [2.24, 2.45) is 0 Å². The van der Waals surface area contributed by atoms with Crippen LogP contribution in [-0.4, -0.2) is 4.98 Å². The van der Waals surface area contributed by atoms with E-state index in [2.05, 4.69) is 74.5 Å². The topological polar surface area (TPSA) is 22.1 Å². The van der Waals surface area contributed by atoms with Crippen molar-refractivity contribution in [1.29, 1.82) is 0 Å². The fourth-order valence-electron chi connectivity index (χ4n) is 6.38. The lowest BCUT2D eigenvalue weighted by atomic mass is 9.83. The van der Waals surface area contributed by atoms with Gasteiger partial charge in [-0.05, 0) is 75.4 Å². The molecule has 0 bridgehead atoms. The van der Waals surface area contributed by atoms with Crippen LogP contribution in [0.1, 0.15) is 68.9 Å². The number of hydrogen-bond acceptors (Lipinski definition) is 2. The average molecular weight is 444 g/mol. The molecule has 4 aromatic carbocycles. The second kappa shape index (κ2) is 7.56. The summed E-state index contributed by atoms with van der Waals surface area (Å²) in [6.07, 6.45) is 8.70. The van der Waals surface area contributed by atoms with Gasteiger partial charge >= 0.3 is 0 Å². The Morgan fingerprint density at radius 3 is 2.50 bits per heavy atom. The second-order valence-corrected chi connectivity index (χ2v) is 10.4.